The summed E-state index contributed by atoms with van der Waals surface area (Å²) in [6.07, 6.45) is 1.85. The standard InChI is InChI=1S/C8H16N4/c1-4-10-8-7(9)5-12(11-8)6(2)3/h5-6H,4,9H2,1-3H3,(H,10,11). The van der Waals surface area contributed by atoms with Crippen LogP contribution in [0.25, 0.3) is 0 Å². The second-order valence-corrected chi connectivity index (χ2v) is 3.04. The van der Waals surface area contributed by atoms with Crippen molar-refractivity contribution in [2.45, 2.75) is 26.8 Å². The van der Waals surface area contributed by atoms with Crippen molar-refractivity contribution in [3.8, 4) is 0 Å². The van der Waals surface area contributed by atoms with E-state index in [4.69, 9.17) is 5.73 Å². The fraction of sp³-hybridized carbons (Fsp3) is 0.625. The van der Waals surface area contributed by atoms with Gasteiger partial charge in [0.15, 0.2) is 5.82 Å². The molecule has 4 heteroatoms. The van der Waals surface area contributed by atoms with Gasteiger partial charge in [-0.1, -0.05) is 0 Å². The first kappa shape index (κ1) is 8.90. The van der Waals surface area contributed by atoms with Crippen LogP contribution in [0, 0.1) is 0 Å². The summed E-state index contributed by atoms with van der Waals surface area (Å²) in [6.45, 7) is 7.01. The summed E-state index contributed by atoms with van der Waals surface area (Å²) >= 11 is 0. The molecule has 0 unspecified atom stereocenters. The van der Waals surface area contributed by atoms with E-state index in [0.717, 1.165) is 12.4 Å². The molecule has 0 atom stereocenters. The number of nitrogens with two attached hydrogens (primary N) is 1. The number of aromatic nitrogens is 2. The summed E-state index contributed by atoms with van der Waals surface area (Å²) in [4.78, 5) is 0. The summed E-state index contributed by atoms with van der Waals surface area (Å²) in [5.74, 6) is 0.784. The molecule has 0 saturated carbocycles. The Bertz CT molecular complexity index is 252. The number of anilines is 2. The fourth-order valence-corrected chi connectivity index (χ4v) is 0.975. The maximum atomic E-state index is 5.72. The van der Waals surface area contributed by atoms with E-state index in [1.165, 1.54) is 0 Å². The molecule has 0 saturated heterocycles. The Labute approximate surface area is 72.8 Å². The fourth-order valence-electron chi connectivity index (χ4n) is 0.975. The van der Waals surface area contributed by atoms with Gasteiger partial charge in [-0.05, 0) is 20.8 Å². The van der Waals surface area contributed by atoms with E-state index < -0.39 is 0 Å². The Balaban J connectivity index is 2.85. The minimum Gasteiger partial charge on any atom is -0.394 e. The minimum absolute atomic E-state index is 0.361. The first-order valence-electron chi connectivity index (χ1n) is 4.23. The molecule has 3 N–H and O–H groups in total. The molecule has 0 amide bonds. The average molecular weight is 168 g/mol. The zero-order valence-electron chi connectivity index (χ0n) is 7.83. The number of nitrogen functional groups attached to an aromatic ring is 1. The highest BCUT2D eigenvalue weighted by atomic mass is 15.3. The van der Waals surface area contributed by atoms with E-state index in [2.05, 4.69) is 24.3 Å². The third-order valence-corrected chi connectivity index (χ3v) is 1.63. The average Bonchev–Trinajstić information content (AvgIpc) is 2.34. The van der Waals surface area contributed by atoms with E-state index in [1.807, 2.05) is 17.8 Å². The van der Waals surface area contributed by atoms with Gasteiger partial charge in [-0.15, -0.1) is 0 Å². The molecule has 1 aromatic rings. The quantitative estimate of drug-likeness (QED) is 0.718. The molecule has 4 nitrogen and oxygen atoms in total. The van der Waals surface area contributed by atoms with Gasteiger partial charge >= 0.3 is 0 Å². The van der Waals surface area contributed by atoms with E-state index in [1.54, 1.807) is 0 Å². The van der Waals surface area contributed by atoms with Crippen LogP contribution in [0.1, 0.15) is 26.8 Å². The summed E-state index contributed by atoms with van der Waals surface area (Å²) < 4.78 is 1.85. The van der Waals surface area contributed by atoms with Gasteiger partial charge in [0.05, 0.1) is 11.9 Å². The summed E-state index contributed by atoms with van der Waals surface area (Å²) in [6, 6.07) is 0.361. The lowest BCUT2D eigenvalue weighted by Gasteiger charge is -2.03. The Kier molecular flexibility index (Phi) is 2.58. The predicted octanol–water partition coefficient (Wildman–Crippen LogP) is 1.48. The van der Waals surface area contributed by atoms with Crippen LogP contribution in [-0.2, 0) is 0 Å². The van der Waals surface area contributed by atoms with Crippen molar-refractivity contribution in [2.75, 3.05) is 17.6 Å². The second kappa shape index (κ2) is 3.47. The van der Waals surface area contributed by atoms with Gasteiger partial charge in [-0.25, -0.2) is 0 Å². The third-order valence-electron chi connectivity index (χ3n) is 1.63. The van der Waals surface area contributed by atoms with Crippen LogP contribution in [0.15, 0.2) is 6.20 Å². The predicted molar refractivity (Wildman–Crippen MR) is 51.2 cm³/mol. The molecule has 68 valence electrons. The molecular formula is C8H16N4. The van der Waals surface area contributed by atoms with Gasteiger partial charge in [0.2, 0.25) is 0 Å². The van der Waals surface area contributed by atoms with Gasteiger partial charge in [-0.2, -0.15) is 5.10 Å². The molecule has 1 aromatic heterocycles. The molecule has 0 radical (unpaired) electrons. The summed E-state index contributed by atoms with van der Waals surface area (Å²) in [7, 11) is 0. The molecule has 0 spiro atoms. The highest BCUT2D eigenvalue weighted by molar-refractivity contribution is 5.59. The Morgan fingerprint density at radius 2 is 2.33 bits per heavy atom. The maximum absolute atomic E-state index is 5.72. The van der Waals surface area contributed by atoms with Gasteiger partial charge < -0.3 is 11.1 Å². The second-order valence-electron chi connectivity index (χ2n) is 3.04. The Morgan fingerprint density at radius 1 is 1.67 bits per heavy atom. The molecule has 0 aromatic carbocycles. The van der Waals surface area contributed by atoms with Crippen LogP contribution in [0.5, 0.6) is 0 Å². The molecule has 0 bridgehead atoms. The molecule has 1 rings (SSSR count). The zero-order chi connectivity index (χ0) is 9.14. The zero-order valence-corrected chi connectivity index (χ0v) is 7.83. The van der Waals surface area contributed by atoms with E-state index in [9.17, 15) is 0 Å². The summed E-state index contributed by atoms with van der Waals surface area (Å²) in [5.41, 5.74) is 6.43. The van der Waals surface area contributed by atoms with Gasteiger partial charge in [-0.3, -0.25) is 4.68 Å². The molecule has 0 aliphatic rings. The number of nitrogens with one attached hydrogen (secondary N) is 1. The van der Waals surface area contributed by atoms with Crippen LogP contribution in [0.4, 0.5) is 11.5 Å². The van der Waals surface area contributed by atoms with Gasteiger partial charge in [0.1, 0.15) is 0 Å². The number of nitrogens with zero attached hydrogens (tertiary/aromatic N) is 2. The van der Waals surface area contributed by atoms with Crippen LogP contribution >= 0.6 is 0 Å². The first-order valence-corrected chi connectivity index (χ1v) is 4.23. The normalized spacial score (nSPS) is 10.7. The maximum Gasteiger partial charge on any atom is 0.171 e. The van der Waals surface area contributed by atoms with Crippen molar-refractivity contribution < 1.29 is 0 Å². The van der Waals surface area contributed by atoms with Crippen molar-refractivity contribution in [3.63, 3.8) is 0 Å². The van der Waals surface area contributed by atoms with Crippen molar-refractivity contribution >= 4 is 11.5 Å². The highest BCUT2D eigenvalue weighted by Crippen LogP contribution is 2.17. The summed E-state index contributed by atoms with van der Waals surface area (Å²) in [5, 5.41) is 7.37. The first-order chi connectivity index (χ1) is 5.65. The Morgan fingerprint density at radius 3 is 2.75 bits per heavy atom. The lowest BCUT2D eigenvalue weighted by molar-refractivity contribution is 0.534. The van der Waals surface area contributed by atoms with Gasteiger partial charge in [0, 0.05) is 12.6 Å². The van der Waals surface area contributed by atoms with Crippen molar-refractivity contribution in [3.05, 3.63) is 6.20 Å². The van der Waals surface area contributed by atoms with Crippen LogP contribution in [0.3, 0.4) is 0 Å². The van der Waals surface area contributed by atoms with Crippen molar-refractivity contribution in [1.82, 2.24) is 9.78 Å². The highest BCUT2D eigenvalue weighted by Gasteiger charge is 2.05. The Hall–Kier alpha value is -1.19. The SMILES string of the molecule is CCNc1nn(C(C)C)cc1N. The van der Waals surface area contributed by atoms with Crippen LogP contribution < -0.4 is 11.1 Å². The van der Waals surface area contributed by atoms with E-state index >= 15 is 0 Å². The number of rotatable bonds is 3. The number of hydrogen-bond donors (Lipinski definition) is 2. The monoisotopic (exact) mass is 168 g/mol. The molecule has 1 heterocycles. The lowest BCUT2D eigenvalue weighted by atomic mass is 10.4. The molecule has 0 fully saturated rings. The largest absolute Gasteiger partial charge is 0.394 e. The molecular weight excluding hydrogens is 152 g/mol. The molecule has 12 heavy (non-hydrogen) atoms. The van der Waals surface area contributed by atoms with Crippen LogP contribution in [-0.4, -0.2) is 16.3 Å². The topological polar surface area (TPSA) is 55.9 Å². The van der Waals surface area contributed by atoms with Crippen molar-refractivity contribution in [2.24, 2.45) is 0 Å². The van der Waals surface area contributed by atoms with Crippen molar-refractivity contribution in [1.29, 1.82) is 0 Å². The van der Waals surface area contributed by atoms with Crippen LogP contribution in [0.2, 0.25) is 0 Å². The van der Waals surface area contributed by atoms with Gasteiger partial charge in [0.25, 0.3) is 0 Å². The third kappa shape index (κ3) is 1.69. The molecule has 0 aliphatic heterocycles. The van der Waals surface area contributed by atoms with E-state index in [0.29, 0.717) is 11.7 Å². The number of hydrogen-bond acceptors (Lipinski definition) is 3. The lowest BCUT2D eigenvalue weighted by Crippen LogP contribution is -2.03. The van der Waals surface area contributed by atoms with E-state index in [-0.39, 0.29) is 0 Å². The smallest absolute Gasteiger partial charge is 0.171 e. The molecule has 0 aliphatic carbocycles. The minimum atomic E-state index is 0.361.